The number of urea groups is 1. The van der Waals surface area contributed by atoms with E-state index in [9.17, 15) is 14.9 Å². The summed E-state index contributed by atoms with van der Waals surface area (Å²) in [4.78, 5) is 27.6. The second kappa shape index (κ2) is 8.16. The van der Waals surface area contributed by atoms with E-state index in [1.54, 1.807) is 0 Å². The zero-order valence-corrected chi connectivity index (χ0v) is 16.5. The lowest BCUT2D eigenvalue weighted by atomic mass is 9.81. The van der Waals surface area contributed by atoms with Gasteiger partial charge in [0.2, 0.25) is 0 Å². The van der Waals surface area contributed by atoms with Gasteiger partial charge in [0, 0.05) is 13.0 Å². The highest BCUT2D eigenvalue weighted by atomic mass is 16.2. The molecule has 1 fully saturated rings. The average molecular weight is 386 g/mol. The van der Waals surface area contributed by atoms with Crippen LogP contribution in [0.15, 0.2) is 48.5 Å². The number of hydrogen-bond acceptors (Lipinski definition) is 4. The summed E-state index contributed by atoms with van der Waals surface area (Å²) in [6, 6.07) is 18.4. The standard InChI is InChI=1S/C23H22N4O2/c1-16-10-11-20(13-17(16)2)23(19-8-4-3-5-9-19)21(28)27(22(29)26-23)15-18(14-25)7-6-12-24/h3-5,8-11,13,18H,6-7,15H2,1-2H3,(H,26,29)/t18-,23-/m0/s1. The molecule has 3 rings (SSSR count). The first-order valence-corrected chi connectivity index (χ1v) is 9.48. The van der Waals surface area contributed by atoms with Crippen LogP contribution in [0.3, 0.4) is 0 Å². The van der Waals surface area contributed by atoms with Crippen LogP contribution in [0.4, 0.5) is 4.79 Å². The van der Waals surface area contributed by atoms with Crippen molar-refractivity contribution < 1.29 is 9.59 Å². The third-order valence-corrected chi connectivity index (χ3v) is 5.44. The van der Waals surface area contributed by atoms with Gasteiger partial charge in [0.15, 0.2) is 5.54 Å². The molecule has 3 amide bonds. The van der Waals surface area contributed by atoms with Crippen LogP contribution in [-0.2, 0) is 10.3 Å². The van der Waals surface area contributed by atoms with E-state index in [4.69, 9.17) is 5.26 Å². The molecular weight excluding hydrogens is 364 g/mol. The molecule has 0 spiro atoms. The zero-order valence-electron chi connectivity index (χ0n) is 16.5. The molecule has 2 aromatic rings. The van der Waals surface area contributed by atoms with Crippen LogP contribution in [0.5, 0.6) is 0 Å². The first kappa shape index (κ1) is 20.1. The van der Waals surface area contributed by atoms with Crippen molar-refractivity contribution >= 4 is 11.9 Å². The van der Waals surface area contributed by atoms with E-state index in [1.165, 1.54) is 0 Å². The highest BCUT2D eigenvalue weighted by Crippen LogP contribution is 2.37. The van der Waals surface area contributed by atoms with Gasteiger partial charge in [-0.15, -0.1) is 0 Å². The second-order valence-electron chi connectivity index (χ2n) is 7.28. The predicted octanol–water partition coefficient (Wildman–Crippen LogP) is 3.54. The molecule has 2 atom stereocenters. The van der Waals surface area contributed by atoms with Crippen LogP contribution < -0.4 is 5.32 Å². The Morgan fingerprint density at radius 1 is 1.03 bits per heavy atom. The Labute approximate surface area is 170 Å². The fourth-order valence-corrected chi connectivity index (χ4v) is 3.62. The molecule has 146 valence electrons. The molecule has 0 radical (unpaired) electrons. The van der Waals surface area contributed by atoms with Crippen molar-refractivity contribution in [2.24, 2.45) is 5.92 Å². The van der Waals surface area contributed by atoms with Gasteiger partial charge in [-0.25, -0.2) is 4.79 Å². The monoisotopic (exact) mass is 386 g/mol. The molecular formula is C23H22N4O2. The van der Waals surface area contributed by atoms with Crippen molar-refractivity contribution in [2.75, 3.05) is 6.54 Å². The quantitative estimate of drug-likeness (QED) is 0.768. The predicted molar refractivity (Wildman–Crippen MR) is 107 cm³/mol. The second-order valence-corrected chi connectivity index (χ2v) is 7.28. The first-order chi connectivity index (χ1) is 13.9. The summed E-state index contributed by atoms with van der Waals surface area (Å²) < 4.78 is 0. The molecule has 1 aliphatic rings. The molecule has 29 heavy (non-hydrogen) atoms. The minimum Gasteiger partial charge on any atom is -0.315 e. The lowest BCUT2D eigenvalue weighted by Gasteiger charge is -2.29. The van der Waals surface area contributed by atoms with Gasteiger partial charge in [-0.1, -0.05) is 48.5 Å². The maximum atomic E-state index is 13.6. The van der Waals surface area contributed by atoms with E-state index in [2.05, 4.69) is 11.4 Å². The van der Waals surface area contributed by atoms with E-state index >= 15 is 0 Å². The van der Waals surface area contributed by atoms with Crippen molar-refractivity contribution in [2.45, 2.75) is 32.2 Å². The fraction of sp³-hybridized carbons (Fsp3) is 0.304. The fourth-order valence-electron chi connectivity index (χ4n) is 3.62. The van der Waals surface area contributed by atoms with Gasteiger partial charge in [0.05, 0.1) is 18.1 Å². The molecule has 0 saturated carbocycles. The molecule has 1 heterocycles. The Kier molecular flexibility index (Phi) is 5.66. The van der Waals surface area contributed by atoms with Crippen molar-refractivity contribution in [3.63, 3.8) is 0 Å². The summed E-state index contributed by atoms with van der Waals surface area (Å²) in [5.41, 5.74) is 2.10. The van der Waals surface area contributed by atoms with Gasteiger partial charge >= 0.3 is 6.03 Å². The number of carbonyl (C=O) groups excluding carboxylic acids is 2. The highest BCUT2D eigenvalue weighted by Gasteiger charge is 2.54. The summed E-state index contributed by atoms with van der Waals surface area (Å²) in [5.74, 6) is -0.996. The SMILES string of the molecule is Cc1ccc([C@]2(c3ccccc3)NC(=O)N(C[C@H](C#N)CCC#N)C2=O)cc1C. The molecule has 0 unspecified atom stereocenters. The Balaban J connectivity index is 2.07. The van der Waals surface area contributed by atoms with Crippen molar-refractivity contribution in [1.82, 2.24) is 10.2 Å². The molecule has 1 aliphatic heterocycles. The topological polar surface area (TPSA) is 97.0 Å². The number of nitrogens with one attached hydrogen (secondary N) is 1. The molecule has 6 heteroatoms. The van der Waals surface area contributed by atoms with Crippen molar-refractivity contribution in [3.8, 4) is 12.1 Å². The van der Waals surface area contributed by atoms with Gasteiger partial charge in [-0.3, -0.25) is 9.69 Å². The van der Waals surface area contributed by atoms with Gasteiger partial charge in [0.1, 0.15) is 0 Å². The first-order valence-electron chi connectivity index (χ1n) is 9.48. The van der Waals surface area contributed by atoms with Crippen LogP contribution in [0.25, 0.3) is 0 Å². The molecule has 6 nitrogen and oxygen atoms in total. The van der Waals surface area contributed by atoms with E-state index in [0.717, 1.165) is 16.0 Å². The van der Waals surface area contributed by atoms with Gasteiger partial charge in [-0.05, 0) is 42.5 Å². The Bertz CT molecular complexity index is 1020. The normalized spacial score (nSPS) is 19.4. The molecule has 1 N–H and O–H groups in total. The molecule has 2 aromatic carbocycles. The third-order valence-electron chi connectivity index (χ3n) is 5.44. The molecule has 0 aliphatic carbocycles. The van der Waals surface area contributed by atoms with Crippen LogP contribution >= 0.6 is 0 Å². The molecule has 1 saturated heterocycles. The number of amides is 3. The smallest absolute Gasteiger partial charge is 0.315 e. The van der Waals surface area contributed by atoms with E-state index in [1.807, 2.05) is 68.4 Å². The summed E-state index contributed by atoms with van der Waals surface area (Å²) in [6.07, 6.45) is 0.509. The lowest BCUT2D eigenvalue weighted by molar-refractivity contribution is -0.130. The number of nitrogens with zero attached hydrogens (tertiary/aromatic N) is 3. The van der Waals surface area contributed by atoms with Crippen LogP contribution in [-0.4, -0.2) is 23.4 Å². The van der Waals surface area contributed by atoms with Crippen molar-refractivity contribution in [1.29, 1.82) is 10.5 Å². The Morgan fingerprint density at radius 3 is 2.38 bits per heavy atom. The third kappa shape index (κ3) is 3.58. The van der Waals surface area contributed by atoms with Crippen molar-refractivity contribution in [3.05, 3.63) is 70.8 Å². The summed E-state index contributed by atoms with van der Waals surface area (Å²) in [7, 11) is 0. The van der Waals surface area contributed by atoms with E-state index in [0.29, 0.717) is 17.5 Å². The minimum atomic E-state index is -1.34. The zero-order chi connectivity index (χ0) is 21.0. The number of aryl methyl sites for hydroxylation is 2. The Morgan fingerprint density at radius 2 is 1.76 bits per heavy atom. The molecule has 0 bridgehead atoms. The summed E-state index contributed by atoms with van der Waals surface area (Å²) >= 11 is 0. The highest BCUT2D eigenvalue weighted by molar-refractivity contribution is 6.09. The number of carbonyl (C=O) groups is 2. The Hall–Kier alpha value is -3.64. The summed E-state index contributed by atoms with van der Waals surface area (Å²) in [5, 5.41) is 21.1. The maximum Gasteiger partial charge on any atom is 0.325 e. The summed E-state index contributed by atoms with van der Waals surface area (Å²) in [6.45, 7) is 3.91. The number of benzene rings is 2. The minimum absolute atomic E-state index is 0.0394. The van der Waals surface area contributed by atoms with Crippen LogP contribution in [0, 0.1) is 42.4 Å². The van der Waals surface area contributed by atoms with Crippen LogP contribution in [0.2, 0.25) is 0 Å². The van der Waals surface area contributed by atoms with E-state index < -0.39 is 23.4 Å². The van der Waals surface area contributed by atoms with Gasteiger partial charge in [-0.2, -0.15) is 10.5 Å². The van der Waals surface area contributed by atoms with Gasteiger partial charge < -0.3 is 5.32 Å². The largest absolute Gasteiger partial charge is 0.325 e. The number of rotatable bonds is 6. The lowest BCUT2D eigenvalue weighted by Crippen LogP contribution is -2.45. The molecule has 0 aromatic heterocycles. The maximum absolute atomic E-state index is 13.6. The van der Waals surface area contributed by atoms with E-state index in [-0.39, 0.29) is 13.0 Å². The average Bonchev–Trinajstić information content (AvgIpc) is 2.99. The number of hydrogen-bond donors (Lipinski definition) is 1. The van der Waals surface area contributed by atoms with Crippen LogP contribution in [0.1, 0.15) is 35.1 Å². The number of imide groups is 1. The van der Waals surface area contributed by atoms with Gasteiger partial charge in [0.25, 0.3) is 5.91 Å². The number of nitriles is 2.